The molecule has 1 N–H and O–H groups in total. The number of hydrogen-bond acceptors (Lipinski definition) is 2. The topological polar surface area (TPSA) is 29.5 Å². The van der Waals surface area contributed by atoms with Gasteiger partial charge in [-0.15, -0.1) is 0 Å². The third kappa shape index (κ3) is 3.68. The molecule has 0 amide bonds. The van der Waals surface area contributed by atoms with Crippen LogP contribution in [0.1, 0.15) is 11.1 Å². The molecule has 0 atom stereocenters. The van der Waals surface area contributed by atoms with Gasteiger partial charge >= 0.3 is 0 Å². The van der Waals surface area contributed by atoms with E-state index in [-0.39, 0.29) is 6.61 Å². The molecule has 0 aliphatic rings. The van der Waals surface area contributed by atoms with Crippen molar-refractivity contribution in [1.29, 1.82) is 0 Å². The van der Waals surface area contributed by atoms with Crippen molar-refractivity contribution in [1.82, 2.24) is 0 Å². The van der Waals surface area contributed by atoms with Crippen LogP contribution < -0.4 is 4.74 Å². The van der Waals surface area contributed by atoms with Crippen LogP contribution in [-0.2, 0) is 6.61 Å². The number of aliphatic hydroxyl groups is 1. The van der Waals surface area contributed by atoms with Gasteiger partial charge in [0.2, 0.25) is 0 Å². The first-order valence-electron chi connectivity index (χ1n) is 5.97. The highest BCUT2D eigenvalue weighted by Gasteiger charge is 2.08. The first kappa shape index (κ1) is 14.7. The third-order valence-electron chi connectivity index (χ3n) is 2.61. The van der Waals surface area contributed by atoms with Crippen molar-refractivity contribution in [2.45, 2.75) is 6.61 Å². The van der Waals surface area contributed by atoms with Gasteiger partial charge in [0.15, 0.2) is 5.75 Å². The maximum Gasteiger partial charge on any atom is 0.156 e. The number of benzene rings is 2. The van der Waals surface area contributed by atoms with Crippen LogP contribution >= 0.6 is 23.2 Å². The van der Waals surface area contributed by atoms with Crippen LogP contribution in [0.25, 0.3) is 0 Å². The van der Waals surface area contributed by atoms with E-state index in [0.717, 1.165) is 11.1 Å². The summed E-state index contributed by atoms with van der Waals surface area (Å²) in [5, 5.41) is 9.70. The van der Waals surface area contributed by atoms with Gasteiger partial charge in [0.05, 0.1) is 10.0 Å². The van der Waals surface area contributed by atoms with E-state index >= 15 is 0 Å². The summed E-state index contributed by atoms with van der Waals surface area (Å²) in [5.41, 5.74) is 1.72. The molecule has 0 fully saturated rings. The molecule has 2 aromatic rings. The minimum Gasteiger partial charge on any atom is -0.486 e. The van der Waals surface area contributed by atoms with Gasteiger partial charge in [-0.2, -0.15) is 0 Å². The number of hydrogen-bond donors (Lipinski definition) is 1. The Morgan fingerprint density at radius 1 is 1.00 bits per heavy atom. The standard InChI is InChI=1S/C16H12Cl2O2/c17-14-8-3-9-15(18)16(14)20-11-13-6-2-1-5-12(13)7-4-10-19/h1-3,5-6,8-9,19H,10-11H2. The fourth-order valence-electron chi connectivity index (χ4n) is 1.67. The Morgan fingerprint density at radius 3 is 2.40 bits per heavy atom. The highest BCUT2D eigenvalue weighted by Crippen LogP contribution is 2.33. The molecule has 0 spiro atoms. The molecule has 102 valence electrons. The SMILES string of the molecule is OCC#Cc1ccccc1COc1c(Cl)cccc1Cl. The van der Waals surface area contributed by atoms with E-state index in [2.05, 4.69) is 11.8 Å². The van der Waals surface area contributed by atoms with Gasteiger partial charge in [-0.05, 0) is 18.2 Å². The number of halogens is 2. The van der Waals surface area contributed by atoms with E-state index in [9.17, 15) is 0 Å². The number of para-hydroxylation sites is 1. The second-order valence-electron chi connectivity index (χ2n) is 3.96. The second-order valence-corrected chi connectivity index (χ2v) is 4.77. The summed E-state index contributed by atoms with van der Waals surface area (Å²) < 4.78 is 5.68. The van der Waals surface area contributed by atoms with Crippen molar-refractivity contribution in [3.63, 3.8) is 0 Å². The van der Waals surface area contributed by atoms with Gasteiger partial charge in [-0.1, -0.05) is 59.3 Å². The van der Waals surface area contributed by atoms with Crippen LogP contribution in [-0.4, -0.2) is 11.7 Å². The smallest absolute Gasteiger partial charge is 0.156 e. The molecule has 0 unspecified atom stereocenters. The normalized spacial score (nSPS) is 9.75. The van der Waals surface area contributed by atoms with Crippen LogP contribution in [0.5, 0.6) is 5.75 Å². The van der Waals surface area contributed by atoms with Crippen molar-refractivity contribution >= 4 is 23.2 Å². The number of rotatable bonds is 3. The lowest BCUT2D eigenvalue weighted by Crippen LogP contribution is -1.99. The van der Waals surface area contributed by atoms with Crippen LogP contribution in [0.4, 0.5) is 0 Å². The van der Waals surface area contributed by atoms with Crippen LogP contribution in [0.3, 0.4) is 0 Å². The molecule has 2 aromatic carbocycles. The van der Waals surface area contributed by atoms with Gasteiger partial charge in [0.1, 0.15) is 13.2 Å². The van der Waals surface area contributed by atoms with Gasteiger partial charge in [0, 0.05) is 11.1 Å². The highest BCUT2D eigenvalue weighted by molar-refractivity contribution is 6.37. The summed E-state index contributed by atoms with van der Waals surface area (Å²) in [4.78, 5) is 0. The number of aliphatic hydroxyl groups excluding tert-OH is 1. The van der Waals surface area contributed by atoms with Crippen molar-refractivity contribution in [3.05, 3.63) is 63.6 Å². The summed E-state index contributed by atoms with van der Waals surface area (Å²) in [6.45, 7) is 0.130. The van der Waals surface area contributed by atoms with Crippen molar-refractivity contribution in [3.8, 4) is 17.6 Å². The highest BCUT2D eigenvalue weighted by atomic mass is 35.5. The summed E-state index contributed by atoms with van der Waals surface area (Å²) in [7, 11) is 0. The zero-order valence-electron chi connectivity index (χ0n) is 10.6. The third-order valence-corrected chi connectivity index (χ3v) is 3.21. The molecular formula is C16H12Cl2O2. The Bertz CT molecular complexity index is 637. The molecule has 0 radical (unpaired) electrons. The Morgan fingerprint density at radius 2 is 1.70 bits per heavy atom. The Balaban J connectivity index is 2.19. The summed E-state index contributed by atoms with van der Waals surface area (Å²) in [6.07, 6.45) is 0. The summed E-state index contributed by atoms with van der Waals surface area (Å²) in [6, 6.07) is 12.8. The molecule has 20 heavy (non-hydrogen) atoms. The quantitative estimate of drug-likeness (QED) is 0.871. The lowest BCUT2D eigenvalue weighted by Gasteiger charge is -2.10. The molecule has 0 aliphatic carbocycles. The molecule has 2 rings (SSSR count). The molecule has 0 saturated carbocycles. The van der Waals surface area contributed by atoms with Crippen LogP contribution in [0.15, 0.2) is 42.5 Å². The van der Waals surface area contributed by atoms with Gasteiger partial charge in [0.25, 0.3) is 0 Å². The largest absolute Gasteiger partial charge is 0.486 e. The second kappa shape index (κ2) is 7.21. The van der Waals surface area contributed by atoms with E-state index in [0.29, 0.717) is 22.4 Å². The molecule has 0 aromatic heterocycles. The maximum absolute atomic E-state index is 8.76. The van der Waals surface area contributed by atoms with Gasteiger partial charge in [-0.25, -0.2) is 0 Å². The van der Waals surface area contributed by atoms with E-state index in [1.807, 2.05) is 24.3 Å². The molecular weight excluding hydrogens is 295 g/mol. The molecule has 4 heteroatoms. The lowest BCUT2D eigenvalue weighted by molar-refractivity contribution is 0.306. The maximum atomic E-state index is 8.76. The predicted molar refractivity (Wildman–Crippen MR) is 81.2 cm³/mol. The zero-order valence-corrected chi connectivity index (χ0v) is 12.1. The van der Waals surface area contributed by atoms with E-state index < -0.39 is 0 Å². The summed E-state index contributed by atoms with van der Waals surface area (Å²) >= 11 is 12.1. The average Bonchev–Trinajstić information content (AvgIpc) is 2.45. The fourth-order valence-corrected chi connectivity index (χ4v) is 2.18. The minimum absolute atomic E-state index is 0.175. The van der Waals surface area contributed by atoms with Crippen LogP contribution in [0, 0.1) is 11.8 Å². The number of ether oxygens (including phenoxy) is 1. The van der Waals surface area contributed by atoms with E-state index in [1.165, 1.54) is 0 Å². The molecule has 2 nitrogen and oxygen atoms in total. The fraction of sp³-hybridized carbons (Fsp3) is 0.125. The molecule has 0 bridgehead atoms. The minimum atomic E-state index is -0.175. The molecule has 0 heterocycles. The Hall–Kier alpha value is -1.66. The molecule has 0 aliphatic heterocycles. The predicted octanol–water partition coefficient (Wildman–Crippen LogP) is 3.92. The van der Waals surface area contributed by atoms with Gasteiger partial charge in [-0.3, -0.25) is 0 Å². The van der Waals surface area contributed by atoms with E-state index in [1.54, 1.807) is 18.2 Å². The Labute approximate surface area is 127 Å². The first-order chi connectivity index (χ1) is 9.72. The van der Waals surface area contributed by atoms with E-state index in [4.69, 9.17) is 33.0 Å². The Kier molecular flexibility index (Phi) is 5.31. The lowest BCUT2D eigenvalue weighted by atomic mass is 10.1. The first-order valence-corrected chi connectivity index (χ1v) is 6.72. The average molecular weight is 307 g/mol. The van der Waals surface area contributed by atoms with Gasteiger partial charge < -0.3 is 9.84 Å². The van der Waals surface area contributed by atoms with Crippen molar-refractivity contribution < 1.29 is 9.84 Å². The monoisotopic (exact) mass is 306 g/mol. The molecule has 0 saturated heterocycles. The van der Waals surface area contributed by atoms with Crippen LogP contribution in [0.2, 0.25) is 10.0 Å². The van der Waals surface area contributed by atoms with Crippen molar-refractivity contribution in [2.75, 3.05) is 6.61 Å². The summed E-state index contributed by atoms with van der Waals surface area (Å²) in [5.74, 6) is 5.97. The van der Waals surface area contributed by atoms with Crippen molar-refractivity contribution in [2.24, 2.45) is 0 Å². The zero-order chi connectivity index (χ0) is 14.4.